The monoisotopic (exact) mass is 296 g/mol. The quantitative estimate of drug-likeness (QED) is 0.340. The number of fused-ring (bicyclic) bond motifs is 1. The molecule has 0 radical (unpaired) electrons. The van der Waals surface area contributed by atoms with Crippen LogP contribution in [0.2, 0.25) is 0 Å². The third-order valence-electron chi connectivity index (χ3n) is 2.61. The third kappa shape index (κ3) is 3.34. The summed E-state index contributed by atoms with van der Waals surface area (Å²) in [4.78, 5) is 14.5. The van der Waals surface area contributed by atoms with Crippen molar-refractivity contribution in [2.24, 2.45) is 0 Å². The Kier molecular flexibility index (Phi) is 5.09. The molecule has 20 heavy (non-hydrogen) atoms. The number of benzene rings is 1. The average molecular weight is 297 g/mol. The summed E-state index contributed by atoms with van der Waals surface area (Å²) in [7, 11) is 0. The minimum Gasteiger partial charge on any atom is -0.490 e. The molecule has 0 atom stereocenters. The Morgan fingerprint density at radius 2 is 2.10 bits per heavy atom. The van der Waals surface area contributed by atoms with E-state index in [1.165, 1.54) is 12.3 Å². The van der Waals surface area contributed by atoms with E-state index in [2.05, 4.69) is 4.98 Å². The molecule has 0 amide bonds. The molecular formula is C13H13ClN2O4. The number of hydrogen-bond donors (Lipinski definition) is 0. The molecule has 0 bridgehead atoms. The maximum atomic E-state index is 11.0. The van der Waals surface area contributed by atoms with Gasteiger partial charge < -0.3 is 9.47 Å². The zero-order chi connectivity index (χ0) is 14.4. The van der Waals surface area contributed by atoms with Gasteiger partial charge in [0, 0.05) is 23.5 Å². The zero-order valence-corrected chi connectivity index (χ0v) is 11.4. The lowest BCUT2D eigenvalue weighted by Crippen LogP contribution is -2.08. The van der Waals surface area contributed by atoms with Crippen molar-refractivity contribution in [2.75, 3.05) is 25.7 Å². The predicted molar refractivity (Wildman–Crippen MR) is 75.4 cm³/mol. The molecule has 1 heterocycles. The highest BCUT2D eigenvalue weighted by atomic mass is 35.5. The first-order valence-corrected chi connectivity index (χ1v) is 6.56. The lowest BCUT2D eigenvalue weighted by atomic mass is 10.2. The van der Waals surface area contributed by atoms with Crippen LogP contribution in [0.25, 0.3) is 10.9 Å². The smallest absolute Gasteiger partial charge is 0.295 e. The van der Waals surface area contributed by atoms with Crippen LogP contribution in [0.5, 0.6) is 5.75 Å². The average Bonchev–Trinajstić information content (AvgIpc) is 2.46. The van der Waals surface area contributed by atoms with E-state index in [4.69, 9.17) is 21.1 Å². The SMILES string of the molecule is O=[N+]([O-])c1ccc(OCCOCCCl)c2cccnc12. The molecular weight excluding hydrogens is 284 g/mol. The van der Waals surface area contributed by atoms with Crippen molar-refractivity contribution in [1.29, 1.82) is 0 Å². The van der Waals surface area contributed by atoms with Crippen LogP contribution in [0.1, 0.15) is 0 Å². The van der Waals surface area contributed by atoms with Crippen LogP contribution in [0.15, 0.2) is 30.5 Å². The molecule has 0 saturated carbocycles. The Labute approximate surface area is 120 Å². The molecule has 0 aliphatic rings. The van der Waals surface area contributed by atoms with E-state index in [1.54, 1.807) is 18.2 Å². The molecule has 2 aromatic rings. The molecule has 0 unspecified atom stereocenters. The Morgan fingerprint density at radius 1 is 1.25 bits per heavy atom. The Bertz CT molecular complexity index is 606. The Balaban J connectivity index is 2.18. The number of rotatable bonds is 7. The van der Waals surface area contributed by atoms with E-state index in [1.807, 2.05) is 0 Å². The fraction of sp³-hybridized carbons (Fsp3) is 0.308. The topological polar surface area (TPSA) is 74.5 Å². The van der Waals surface area contributed by atoms with Crippen molar-refractivity contribution in [3.8, 4) is 5.75 Å². The summed E-state index contributed by atoms with van der Waals surface area (Å²) in [6, 6.07) is 6.42. The van der Waals surface area contributed by atoms with Crippen molar-refractivity contribution in [3.63, 3.8) is 0 Å². The number of hydrogen-bond acceptors (Lipinski definition) is 5. The minimum absolute atomic E-state index is 0.0358. The molecule has 1 aromatic heterocycles. The number of non-ortho nitro benzene ring substituents is 1. The van der Waals surface area contributed by atoms with Crippen molar-refractivity contribution < 1.29 is 14.4 Å². The van der Waals surface area contributed by atoms with Gasteiger partial charge in [-0.2, -0.15) is 0 Å². The van der Waals surface area contributed by atoms with E-state index in [-0.39, 0.29) is 5.69 Å². The fourth-order valence-corrected chi connectivity index (χ4v) is 1.88. The molecule has 6 nitrogen and oxygen atoms in total. The minimum atomic E-state index is -0.456. The summed E-state index contributed by atoms with van der Waals surface area (Å²) < 4.78 is 10.8. The van der Waals surface area contributed by atoms with Crippen molar-refractivity contribution in [1.82, 2.24) is 4.98 Å². The van der Waals surface area contributed by atoms with E-state index < -0.39 is 4.92 Å². The van der Waals surface area contributed by atoms with Gasteiger partial charge in [0.1, 0.15) is 12.4 Å². The summed E-state index contributed by atoms with van der Waals surface area (Å²) >= 11 is 5.48. The number of halogens is 1. The summed E-state index contributed by atoms with van der Waals surface area (Å²) in [6.07, 6.45) is 1.52. The number of ether oxygens (including phenoxy) is 2. The van der Waals surface area contributed by atoms with Gasteiger partial charge in [0.2, 0.25) is 0 Å². The highest BCUT2D eigenvalue weighted by Gasteiger charge is 2.15. The first-order valence-electron chi connectivity index (χ1n) is 6.02. The fourth-order valence-electron chi connectivity index (χ4n) is 1.77. The molecule has 0 aliphatic carbocycles. The first kappa shape index (κ1) is 14.5. The van der Waals surface area contributed by atoms with E-state index in [0.29, 0.717) is 42.4 Å². The highest BCUT2D eigenvalue weighted by molar-refractivity contribution is 6.17. The van der Waals surface area contributed by atoms with E-state index >= 15 is 0 Å². The second-order valence-corrected chi connectivity index (χ2v) is 4.27. The predicted octanol–water partition coefficient (Wildman–Crippen LogP) is 2.78. The molecule has 2 rings (SSSR count). The number of nitrogens with zero attached hydrogens (tertiary/aromatic N) is 2. The molecule has 0 N–H and O–H groups in total. The van der Waals surface area contributed by atoms with Crippen molar-refractivity contribution in [2.45, 2.75) is 0 Å². The number of pyridine rings is 1. The zero-order valence-electron chi connectivity index (χ0n) is 10.6. The van der Waals surface area contributed by atoms with Crippen LogP contribution in [-0.4, -0.2) is 35.6 Å². The van der Waals surface area contributed by atoms with E-state index in [9.17, 15) is 10.1 Å². The van der Waals surface area contributed by atoms with Crippen LogP contribution in [-0.2, 0) is 4.74 Å². The van der Waals surface area contributed by atoms with Crippen LogP contribution in [0.3, 0.4) is 0 Å². The molecule has 106 valence electrons. The lowest BCUT2D eigenvalue weighted by Gasteiger charge is -2.09. The van der Waals surface area contributed by atoms with Crippen LogP contribution >= 0.6 is 11.6 Å². The van der Waals surface area contributed by atoms with Crippen LogP contribution in [0.4, 0.5) is 5.69 Å². The molecule has 1 aromatic carbocycles. The number of aromatic nitrogens is 1. The summed E-state index contributed by atoms with van der Waals surface area (Å²) in [5, 5.41) is 11.6. The summed E-state index contributed by atoms with van der Waals surface area (Å²) in [5.74, 6) is 0.984. The molecule has 7 heteroatoms. The van der Waals surface area contributed by atoms with Gasteiger partial charge in [-0.25, -0.2) is 4.98 Å². The Morgan fingerprint density at radius 3 is 2.85 bits per heavy atom. The van der Waals surface area contributed by atoms with Crippen molar-refractivity contribution >= 4 is 28.2 Å². The summed E-state index contributed by atoms with van der Waals surface area (Å²) in [5.41, 5.74) is 0.281. The molecule has 0 aliphatic heterocycles. The normalized spacial score (nSPS) is 10.7. The highest BCUT2D eigenvalue weighted by Crippen LogP contribution is 2.31. The standard InChI is InChI=1S/C13H13ClN2O4/c14-5-7-19-8-9-20-12-4-3-11(16(17)18)13-10(12)2-1-6-15-13/h1-4,6H,5,7-9H2. The van der Waals surface area contributed by atoms with Gasteiger partial charge in [-0.1, -0.05) is 0 Å². The van der Waals surface area contributed by atoms with Gasteiger partial charge in [-0.05, 0) is 18.2 Å². The molecule has 0 spiro atoms. The summed E-state index contributed by atoms with van der Waals surface area (Å²) in [6.45, 7) is 1.22. The number of alkyl halides is 1. The van der Waals surface area contributed by atoms with Crippen LogP contribution in [0, 0.1) is 10.1 Å². The maximum absolute atomic E-state index is 11.0. The van der Waals surface area contributed by atoms with Gasteiger partial charge in [0.25, 0.3) is 5.69 Å². The van der Waals surface area contributed by atoms with Crippen molar-refractivity contribution in [3.05, 3.63) is 40.6 Å². The number of nitro benzene ring substituents is 1. The molecule has 0 saturated heterocycles. The lowest BCUT2D eigenvalue weighted by molar-refractivity contribution is -0.383. The largest absolute Gasteiger partial charge is 0.490 e. The second kappa shape index (κ2) is 7.02. The molecule has 0 fully saturated rings. The maximum Gasteiger partial charge on any atom is 0.295 e. The van der Waals surface area contributed by atoms with Gasteiger partial charge in [0.15, 0.2) is 5.52 Å². The van der Waals surface area contributed by atoms with Gasteiger partial charge in [-0.3, -0.25) is 10.1 Å². The van der Waals surface area contributed by atoms with Gasteiger partial charge in [0.05, 0.1) is 18.1 Å². The number of nitro groups is 1. The van der Waals surface area contributed by atoms with Gasteiger partial charge in [-0.15, -0.1) is 11.6 Å². The van der Waals surface area contributed by atoms with E-state index in [0.717, 1.165) is 0 Å². The first-order chi connectivity index (χ1) is 9.74. The Hall–Kier alpha value is -1.92. The third-order valence-corrected chi connectivity index (χ3v) is 2.77. The van der Waals surface area contributed by atoms with Crippen LogP contribution < -0.4 is 4.74 Å². The van der Waals surface area contributed by atoms with Gasteiger partial charge >= 0.3 is 0 Å². The second-order valence-electron chi connectivity index (χ2n) is 3.89.